The first kappa shape index (κ1) is 12.0. The van der Waals surface area contributed by atoms with Crippen molar-refractivity contribution in [3.8, 4) is 0 Å². The van der Waals surface area contributed by atoms with Crippen LogP contribution in [-0.2, 0) is 4.79 Å². The first-order valence-electron chi connectivity index (χ1n) is 4.70. The predicted molar refractivity (Wildman–Crippen MR) is 59.8 cm³/mol. The van der Waals surface area contributed by atoms with Crippen molar-refractivity contribution in [1.29, 1.82) is 0 Å². The Morgan fingerprint density at radius 1 is 1.53 bits per heavy atom. The summed E-state index contributed by atoms with van der Waals surface area (Å²) in [6, 6.07) is 4.36. The lowest BCUT2D eigenvalue weighted by Gasteiger charge is -2.13. The van der Waals surface area contributed by atoms with Gasteiger partial charge in [-0.25, -0.2) is 4.39 Å². The molecule has 4 heteroatoms. The average molecular weight is 230 g/mol. The number of nitrogens with one attached hydrogen (secondary N) is 1. The van der Waals surface area contributed by atoms with Gasteiger partial charge < -0.3 is 5.32 Å². The van der Waals surface area contributed by atoms with Gasteiger partial charge in [-0.05, 0) is 23.6 Å². The van der Waals surface area contributed by atoms with Gasteiger partial charge in [0.05, 0.1) is 0 Å². The Balaban J connectivity index is 3.02. The summed E-state index contributed by atoms with van der Waals surface area (Å²) < 4.78 is 13.0. The van der Waals surface area contributed by atoms with E-state index in [1.54, 1.807) is 6.07 Å². The first-order valence-corrected chi connectivity index (χ1v) is 5.23. The zero-order valence-electron chi connectivity index (χ0n) is 8.68. The summed E-state index contributed by atoms with van der Waals surface area (Å²) in [5, 5.41) is 2.57. The Morgan fingerprint density at radius 2 is 2.20 bits per heavy atom. The minimum atomic E-state index is -0.371. The van der Waals surface area contributed by atoms with E-state index in [-0.39, 0.29) is 23.5 Å². The Morgan fingerprint density at radius 3 is 2.73 bits per heavy atom. The largest absolute Gasteiger partial charge is 0.325 e. The Kier molecular flexibility index (Phi) is 4.09. The van der Waals surface area contributed by atoms with Gasteiger partial charge in [-0.2, -0.15) is 0 Å². The number of hydrogen-bond donors (Lipinski definition) is 1. The van der Waals surface area contributed by atoms with E-state index < -0.39 is 0 Å². The molecule has 0 spiro atoms. The zero-order valence-corrected chi connectivity index (χ0v) is 9.44. The lowest BCUT2D eigenvalue weighted by Crippen LogP contribution is -2.14. The molecule has 1 aromatic carbocycles. The third kappa shape index (κ3) is 3.20. The summed E-state index contributed by atoms with van der Waals surface area (Å²) in [5.74, 6) is -0.613. The van der Waals surface area contributed by atoms with Crippen LogP contribution in [0.1, 0.15) is 25.3 Å². The third-order valence-electron chi connectivity index (χ3n) is 2.03. The number of rotatable bonds is 3. The van der Waals surface area contributed by atoms with Crippen molar-refractivity contribution in [3.05, 3.63) is 29.6 Å². The molecule has 0 radical (unpaired) electrons. The van der Waals surface area contributed by atoms with Crippen molar-refractivity contribution in [2.75, 3.05) is 11.2 Å². The molecule has 2 nitrogen and oxygen atoms in total. The highest BCUT2D eigenvalue weighted by atomic mass is 35.5. The second-order valence-corrected chi connectivity index (χ2v) is 3.84. The Hall–Kier alpha value is -1.09. The van der Waals surface area contributed by atoms with Gasteiger partial charge in [0.15, 0.2) is 0 Å². The van der Waals surface area contributed by atoms with Crippen LogP contribution in [0.4, 0.5) is 10.1 Å². The van der Waals surface area contributed by atoms with Crippen molar-refractivity contribution in [3.63, 3.8) is 0 Å². The number of anilines is 1. The molecule has 1 rings (SSSR count). The highest BCUT2D eigenvalue weighted by molar-refractivity contribution is 6.29. The second kappa shape index (κ2) is 5.12. The minimum Gasteiger partial charge on any atom is -0.325 e. The quantitative estimate of drug-likeness (QED) is 0.793. The lowest BCUT2D eigenvalue weighted by molar-refractivity contribution is -0.113. The Labute approximate surface area is 93.4 Å². The zero-order chi connectivity index (χ0) is 11.4. The number of halogens is 2. The van der Waals surface area contributed by atoms with E-state index in [1.165, 1.54) is 12.1 Å². The maximum absolute atomic E-state index is 13.0. The fourth-order valence-corrected chi connectivity index (χ4v) is 1.39. The molecule has 0 aliphatic carbocycles. The normalized spacial score (nSPS) is 10.5. The van der Waals surface area contributed by atoms with Crippen LogP contribution < -0.4 is 5.32 Å². The molecule has 82 valence electrons. The molecule has 0 aromatic heterocycles. The maximum atomic E-state index is 13.0. The van der Waals surface area contributed by atoms with Crippen molar-refractivity contribution < 1.29 is 9.18 Å². The van der Waals surface area contributed by atoms with Crippen LogP contribution in [0.2, 0.25) is 0 Å². The number of hydrogen-bond acceptors (Lipinski definition) is 1. The fraction of sp³-hybridized carbons (Fsp3) is 0.364. The maximum Gasteiger partial charge on any atom is 0.239 e. The smallest absolute Gasteiger partial charge is 0.239 e. The molecule has 0 heterocycles. The number of carbonyl (C=O) groups excluding carboxylic acids is 1. The van der Waals surface area contributed by atoms with Gasteiger partial charge in [-0.15, -0.1) is 11.6 Å². The molecule has 0 aliphatic rings. The molecule has 1 aromatic rings. The van der Waals surface area contributed by atoms with Crippen LogP contribution in [-0.4, -0.2) is 11.8 Å². The topological polar surface area (TPSA) is 29.1 Å². The molecule has 0 saturated heterocycles. The van der Waals surface area contributed by atoms with E-state index >= 15 is 0 Å². The third-order valence-corrected chi connectivity index (χ3v) is 2.28. The average Bonchev–Trinajstić information content (AvgIpc) is 2.17. The summed E-state index contributed by atoms with van der Waals surface area (Å²) in [5.41, 5.74) is 1.39. The number of alkyl halides is 1. The fourth-order valence-electron chi connectivity index (χ4n) is 1.32. The van der Waals surface area contributed by atoms with Gasteiger partial charge >= 0.3 is 0 Å². The van der Waals surface area contributed by atoms with Crippen LogP contribution >= 0.6 is 11.6 Å². The summed E-state index contributed by atoms with van der Waals surface area (Å²) in [6.07, 6.45) is 0. The highest BCUT2D eigenvalue weighted by Crippen LogP contribution is 2.24. The van der Waals surface area contributed by atoms with Gasteiger partial charge in [0.25, 0.3) is 0 Å². The summed E-state index contributed by atoms with van der Waals surface area (Å²) in [6.45, 7) is 3.95. The van der Waals surface area contributed by atoms with Gasteiger partial charge in [0, 0.05) is 5.69 Å². The van der Waals surface area contributed by atoms with E-state index in [1.807, 2.05) is 13.8 Å². The molecule has 0 fully saturated rings. The molecule has 1 N–H and O–H groups in total. The van der Waals surface area contributed by atoms with Gasteiger partial charge in [-0.3, -0.25) is 4.79 Å². The summed E-state index contributed by atoms with van der Waals surface area (Å²) in [7, 11) is 0. The predicted octanol–water partition coefficient (Wildman–Crippen LogP) is 3.13. The van der Waals surface area contributed by atoms with Gasteiger partial charge in [0.2, 0.25) is 5.91 Å². The van der Waals surface area contributed by atoms with Crippen LogP contribution in [0.25, 0.3) is 0 Å². The highest BCUT2D eigenvalue weighted by Gasteiger charge is 2.09. The lowest BCUT2D eigenvalue weighted by atomic mass is 10.0. The van der Waals surface area contributed by atoms with E-state index in [0.717, 1.165) is 5.56 Å². The number of amides is 1. The van der Waals surface area contributed by atoms with Gasteiger partial charge in [-0.1, -0.05) is 19.9 Å². The summed E-state index contributed by atoms with van der Waals surface area (Å²) in [4.78, 5) is 11.1. The first-order chi connectivity index (χ1) is 7.04. The second-order valence-electron chi connectivity index (χ2n) is 3.57. The molecule has 0 saturated carbocycles. The minimum absolute atomic E-state index is 0.131. The van der Waals surface area contributed by atoms with E-state index in [9.17, 15) is 9.18 Å². The summed E-state index contributed by atoms with van der Waals surface area (Å²) >= 11 is 5.37. The molecule has 0 bridgehead atoms. The van der Waals surface area contributed by atoms with Crippen molar-refractivity contribution >= 4 is 23.2 Å². The van der Waals surface area contributed by atoms with Gasteiger partial charge in [0.1, 0.15) is 11.7 Å². The number of carbonyl (C=O) groups is 1. The van der Waals surface area contributed by atoms with Crippen LogP contribution in [0, 0.1) is 5.82 Å². The molecular weight excluding hydrogens is 217 g/mol. The van der Waals surface area contributed by atoms with E-state index in [0.29, 0.717) is 5.69 Å². The van der Waals surface area contributed by atoms with Crippen molar-refractivity contribution in [2.45, 2.75) is 19.8 Å². The SMILES string of the molecule is CC(C)c1ccc(F)cc1NC(=O)CCl. The van der Waals surface area contributed by atoms with Crippen LogP contribution in [0.5, 0.6) is 0 Å². The molecular formula is C11H13ClFNO. The molecule has 0 atom stereocenters. The molecule has 15 heavy (non-hydrogen) atoms. The van der Waals surface area contributed by atoms with E-state index in [4.69, 9.17) is 11.6 Å². The van der Waals surface area contributed by atoms with E-state index in [2.05, 4.69) is 5.32 Å². The van der Waals surface area contributed by atoms with Crippen molar-refractivity contribution in [2.24, 2.45) is 0 Å². The van der Waals surface area contributed by atoms with Crippen molar-refractivity contribution in [1.82, 2.24) is 0 Å². The molecule has 1 amide bonds. The Bertz CT molecular complexity index is 366. The van der Waals surface area contributed by atoms with Crippen LogP contribution in [0.15, 0.2) is 18.2 Å². The molecule has 0 aliphatic heterocycles. The molecule has 0 unspecified atom stereocenters. The van der Waals surface area contributed by atoms with Crippen LogP contribution in [0.3, 0.4) is 0 Å². The monoisotopic (exact) mass is 229 g/mol. The standard InChI is InChI=1S/C11H13ClFNO/c1-7(2)9-4-3-8(13)5-10(9)14-11(15)6-12/h3-5,7H,6H2,1-2H3,(H,14,15). The number of benzene rings is 1.